The maximum absolute atomic E-state index is 13.1. The zero-order valence-electron chi connectivity index (χ0n) is 18.5. The minimum atomic E-state index is -3.72. The van der Waals surface area contributed by atoms with E-state index in [2.05, 4.69) is 0 Å². The molecule has 1 saturated heterocycles. The van der Waals surface area contributed by atoms with E-state index in [1.807, 2.05) is 26.8 Å². The third-order valence-corrected chi connectivity index (χ3v) is 7.10. The van der Waals surface area contributed by atoms with E-state index in [0.717, 1.165) is 12.8 Å². The van der Waals surface area contributed by atoms with Crippen LogP contribution >= 0.6 is 0 Å². The Bertz CT molecular complexity index is 1210. The average Bonchev–Trinajstić information content (AvgIpc) is 3.39. The van der Waals surface area contributed by atoms with Crippen LogP contribution in [0.3, 0.4) is 0 Å². The number of fused-ring (bicyclic) bond motifs is 1. The van der Waals surface area contributed by atoms with Crippen molar-refractivity contribution in [1.29, 1.82) is 0 Å². The molecule has 1 aliphatic heterocycles. The van der Waals surface area contributed by atoms with Crippen molar-refractivity contribution in [2.75, 3.05) is 13.2 Å². The molecule has 0 bridgehead atoms. The number of rotatable bonds is 5. The lowest BCUT2D eigenvalue weighted by Crippen LogP contribution is -2.42. The molecule has 8 heteroatoms. The molecule has 0 spiro atoms. The Kier molecular flexibility index (Phi) is 5.90. The number of aromatic nitrogens is 1. The van der Waals surface area contributed by atoms with Gasteiger partial charge in [-0.1, -0.05) is 24.3 Å². The van der Waals surface area contributed by atoms with E-state index < -0.39 is 15.6 Å². The fourth-order valence-corrected chi connectivity index (χ4v) is 5.28. The summed E-state index contributed by atoms with van der Waals surface area (Å²) in [6.45, 7) is 6.50. The molecule has 0 unspecified atom stereocenters. The minimum Gasteiger partial charge on any atom is -0.491 e. The molecule has 1 fully saturated rings. The van der Waals surface area contributed by atoms with E-state index in [-0.39, 0.29) is 17.0 Å². The van der Waals surface area contributed by atoms with Gasteiger partial charge in [-0.15, -0.1) is 0 Å². The van der Waals surface area contributed by atoms with Gasteiger partial charge in [0, 0.05) is 18.1 Å². The van der Waals surface area contributed by atoms with Gasteiger partial charge in [-0.3, -0.25) is 0 Å². The highest BCUT2D eigenvalue weighted by atomic mass is 32.2. The number of carbonyl (C=O) groups excluding carboxylic acids is 1. The Morgan fingerprint density at radius 2 is 1.81 bits per heavy atom. The topological polar surface area (TPSA) is 77.8 Å². The summed E-state index contributed by atoms with van der Waals surface area (Å²) in [5, 5.41) is 0.703. The Morgan fingerprint density at radius 1 is 1.06 bits per heavy atom. The standard InChI is InChI=1S/C24H28N2O5S/c1-24(2,3)31-23(27)25-15-8-9-18(25)17-30-22-13-7-12-21-20(22)14-16-26(21)32(28,29)19-10-5-4-6-11-19/h4-7,10-14,16,18H,8-9,15,17H2,1-3H3/t18-/m0/s1. The van der Waals surface area contributed by atoms with Crippen LogP contribution in [0, 0.1) is 0 Å². The van der Waals surface area contributed by atoms with Crippen molar-refractivity contribution < 1.29 is 22.7 Å². The maximum Gasteiger partial charge on any atom is 0.410 e. The molecule has 0 radical (unpaired) electrons. The molecule has 1 atom stereocenters. The van der Waals surface area contributed by atoms with Crippen LogP contribution in [0.2, 0.25) is 0 Å². The third-order valence-electron chi connectivity index (χ3n) is 5.39. The van der Waals surface area contributed by atoms with Gasteiger partial charge in [0.05, 0.1) is 16.5 Å². The Morgan fingerprint density at radius 3 is 2.53 bits per heavy atom. The molecule has 1 aromatic heterocycles. The molecule has 3 aromatic rings. The summed E-state index contributed by atoms with van der Waals surface area (Å²) in [7, 11) is -3.72. The number of hydrogen-bond donors (Lipinski definition) is 0. The molecule has 1 amide bonds. The molecule has 1 aliphatic rings. The zero-order chi connectivity index (χ0) is 22.9. The van der Waals surface area contributed by atoms with Crippen LogP contribution in [0.5, 0.6) is 5.75 Å². The smallest absolute Gasteiger partial charge is 0.410 e. The highest BCUT2D eigenvalue weighted by Gasteiger charge is 2.32. The highest BCUT2D eigenvalue weighted by molar-refractivity contribution is 7.90. The summed E-state index contributed by atoms with van der Waals surface area (Å²) in [6, 6.07) is 15.3. The van der Waals surface area contributed by atoms with E-state index in [1.54, 1.807) is 59.6 Å². The van der Waals surface area contributed by atoms with Gasteiger partial charge in [-0.25, -0.2) is 17.2 Å². The number of carbonyl (C=O) groups is 1. The van der Waals surface area contributed by atoms with Crippen LogP contribution < -0.4 is 4.74 Å². The largest absolute Gasteiger partial charge is 0.491 e. The van der Waals surface area contributed by atoms with Crippen LogP contribution in [0.25, 0.3) is 10.9 Å². The molecule has 0 N–H and O–H groups in total. The SMILES string of the molecule is CC(C)(C)OC(=O)N1CCC[C@H]1COc1cccc2c1ccn2S(=O)(=O)c1ccccc1. The van der Waals surface area contributed by atoms with Crippen LogP contribution in [-0.2, 0) is 14.8 Å². The fourth-order valence-electron chi connectivity index (χ4n) is 3.91. The Labute approximate surface area is 188 Å². The average molecular weight is 457 g/mol. The van der Waals surface area contributed by atoms with Gasteiger partial charge in [0.25, 0.3) is 10.0 Å². The predicted molar refractivity (Wildman–Crippen MR) is 122 cm³/mol. The highest BCUT2D eigenvalue weighted by Crippen LogP contribution is 2.30. The van der Waals surface area contributed by atoms with Crippen LogP contribution in [0.1, 0.15) is 33.6 Å². The first-order valence-electron chi connectivity index (χ1n) is 10.7. The van der Waals surface area contributed by atoms with Gasteiger partial charge in [0.2, 0.25) is 0 Å². The molecular weight excluding hydrogens is 428 g/mol. The van der Waals surface area contributed by atoms with E-state index in [0.29, 0.717) is 29.8 Å². The predicted octanol–water partition coefficient (Wildman–Crippen LogP) is 4.66. The number of benzene rings is 2. The quantitative estimate of drug-likeness (QED) is 0.558. The van der Waals surface area contributed by atoms with Crippen molar-refractivity contribution in [3.05, 3.63) is 60.8 Å². The molecule has 2 aromatic carbocycles. The number of likely N-dealkylation sites (tertiary alicyclic amines) is 1. The van der Waals surface area contributed by atoms with Gasteiger partial charge in [0.15, 0.2) is 0 Å². The van der Waals surface area contributed by atoms with E-state index in [9.17, 15) is 13.2 Å². The van der Waals surface area contributed by atoms with Crippen molar-refractivity contribution in [1.82, 2.24) is 8.87 Å². The van der Waals surface area contributed by atoms with Crippen molar-refractivity contribution in [3.8, 4) is 5.75 Å². The molecule has 0 aliphatic carbocycles. The fraction of sp³-hybridized carbons (Fsp3) is 0.375. The number of nitrogens with zero attached hydrogens (tertiary/aromatic N) is 2. The normalized spacial score (nSPS) is 17.0. The lowest BCUT2D eigenvalue weighted by molar-refractivity contribution is 0.0188. The monoisotopic (exact) mass is 456 g/mol. The summed E-state index contributed by atoms with van der Waals surface area (Å²) in [4.78, 5) is 14.5. The van der Waals surface area contributed by atoms with E-state index in [4.69, 9.17) is 9.47 Å². The van der Waals surface area contributed by atoms with Gasteiger partial charge in [-0.2, -0.15) is 0 Å². The first-order valence-corrected chi connectivity index (χ1v) is 12.1. The molecule has 170 valence electrons. The summed E-state index contributed by atoms with van der Waals surface area (Å²) in [5.41, 5.74) is -0.00845. The lowest BCUT2D eigenvalue weighted by atomic mass is 10.2. The van der Waals surface area contributed by atoms with E-state index >= 15 is 0 Å². The third kappa shape index (κ3) is 4.46. The molecule has 4 rings (SSSR count). The van der Waals surface area contributed by atoms with Crippen molar-refractivity contribution in [2.45, 2.75) is 50.2 Å². The summed E-state index contributed by atoms with van der Waals surface area (Å²) in [6.07, 6.45) is 2.94. The first kappa shape index (κ1) is 22.2. The van der Waals surface area contributed by atoms with E-state index in [1.165, 1.54) is 3.97 Å². The van der Waals surface area contributed by atoms with Crippen LogP contribution in [0.4, 0.5) is 4.79 Å². The second-order valence-electron chi connectivity index (χ2n) is 8.90. The van der Waals surface area contributed by atoms with Gasteiger partial charge < -0.3 is 14.4 Å². The van der Waals surface area contributed by atoms with Gasteiger partial charge in [0.1, 0.15) is 18.0 Å². The molecule has 7 nitrogen and oxygen atoms in total. The van der Waals surface area contributed by atoms with Crippen LogP contribution in [-0.4, -0.2) is 48.2 Å². The second-order valence-corrected chi connectivity index (χ2v) is 10.7. The summed E-state index contributed by atoms with van der Waals surface area (Å²) < 4.78 is 39.0. The number of ether oxygens (including phenoxy) is 2. The first-order chi connectivity index (χ1) is 15.2. The van der Waals surface area contributed by atoms with Gasteiger partial charge in [-0.05, 0) is 63.9 Å². The molecular formula is C24H28N2O5S. The molecule has 0 saturated carbocycles. The number of amides is 1. The lowest BCUT2D eigenvalue weighted by Gasteiger charge is -2.28. The van der Waals surface area contributed by atoms with Crippen molar-refractivity contribution in [2.24, 2.45) is 0 Å². The summed E-state index contributed by atoms with van der Waals surface area (Å²) >= 11 is 0. The second kappa shape index (κ2) is 8.50. The zero-order valence-corrected chi connectivity index (χ0v) is 19.3. The number of hydrogen-bond acceptors (Lipinski definition) is 5. The minimum absolute atomic E-state index is 0.0877. The summed E-state index contributed by atoms with van der Waals surface area (Å²) in [5.74, 6) is 0.584. The van der Waals surface area contributed by atoms with Gasteiger partial charge >= 0.3 is 6.09 Å². The van der Waals surface area contributed by atoms with Crippen molar-refractivity contribution >= 4 is 27.0 Å². The van der Waals surface area contributed by atoms with Crippen molar-refractivity contribution in [3.63, 3.8) is 0 Å². The molecule has 32 heavy (non-hydrogen) atoms. The maximum atomic E-state index is 13.1. The molecule has 2 heterocycles. The Hall–Kier alpha value is -3.00. The Balaban J connectivity index is 1.55. The van der Waals surface area contributed by atoms with Crippen LogP contribution in [0.15, 0.2) is 65.7 Å².